The average molecular weight is 423 g/mol. The molecule has 1 heterocycles. The second kappa shape index (κ2) is 9.12. The Bertz CT molecular complexity index is 1230. The van der Waals surface area contributed by atoms with Crippen LogP contribution in [0.15, 0.2) is 64.2 Å². The van der Waals surface area contributed by atoms with Crippen molar-refractivity contribution in [2.24, 2.45) is 0 Å². The molecule has 0 aliphatic rings. The monoisotopic (exact) mass is 423 g/mol. The minimum Gasteiger partial charge on any atom is -0.494 e. The first-order chi connectivity index (χ1) is 14.8. The molecule has 0 unspecified atom stereocenters. The van der Waals surface area contributed by atoms with E-state index in [-0.39, 0.29) is 13.1 Å². The molecule has 160 valence electrons. The van der Waals surface area contributed by atoms with E-state index in [9.17, 15) is 24.3 Å². The van der Waals surface area contributed by atoms with E-state index in [1.54, 1.807) is 42.5 Å². The normalized spacial score (nSPS) is 10.6. The van der Waals surface area contributed by atoms with Crippen molar-refractivity contribution in [3.05, 3.63) is 97.7 Å². The number of aromatic hydroxyl groups is 1. The fourth-order valence-corrected chi connectivity index (χ4v) is 3.06. The van der Waals surface area contributed by atoms with Crippen LogP contribution in [0.25, 0.3) is 0 Å². The zero-order valence-corrected chi connectivity index (χ0v) is 16.7. The van der Waals surface area contributed by atoms with Crippen molar-refractivity contribution in [1.82, 2.24) is 14.5 Å². The van der Waals surface area contributed by atoms with Gasteiger partial charge in [-0.25, -0.2) is 4.79 Å². The fourth-order valence-electron chi connectivity index (χ4n) is 3.06. The predicted molar refractivity (Wildman–Crippen MR) is 112 cm³/mol. The number of hydrogen-bond donors (Lipinski definition) is 3. The standard InChI is InChI=1S/C22H21N3O6/c1-14-7-9-16(10-8-14)13-25-21(30)18(19(28)23-11-17(26)27)20(29)24(22(25)31)12-15-5-3-2-4-6-15/h2-10,30H,11-13H2,1H3,(H,23,28)(H,26,27). The Kier molecular flexibility index (Phi) is 6.35. The summed E-state index contributed by atoms with van der Waals surface area (Å²) >= 11 is 0. The van der Waals surface area contributed by atoms with E-state index in [1.165, 1.54) is 0 Å². The fraction of sp³-hybridized carbons (Fsp3) is 0.182. The van der Waals surface area contributed by atoms with Crippen molar-refractivity contribution in [3.63, 3.8) is 0 Å². The zero-order valence-electron chi connectivity index (χ0n) is 16.7. The van der Waals surface area contributed by atoms with Gasteiger partial charge < -0.3 is 15.5 Å². The second-order valence-corrected chi connectivity index (χ2v) is 7.01. The second-order valence-electron chi connectivity index (χ2n) is 7.01. The molecule has 9 nitrogen and oxygen atoms in total. The number of carboxylic acids is 1. The van der Waals surface area contributed by atoms with E-state index in [4.69, 9.17) is 5.11 Å². The number of nitrogens with one attached hydrogen (secondary N) is 1. The summed E-state index contributed by atoms with van der Waals surface area (Å²) in [6.07, 6.45) is 0. The molecule has 3 N–H and O–H groups in total. The lowest BCUT2D eigenvalue weighted by molar-refractivity contribution is -0.135. The number of carboxylic acid groups (broad SMARTS) is 1. The molecule has 0 saturated heterocycles. The van der Waals surface area contributed by atoms with Gasteiger partial charge in [0.25, 0.3) is 11.5 Å². The van der Waals surface area contributed by atoms with Crippen molar-refractivity contribution in [2.75, 3.05) is 6.54 Å². The molecule has 0 spiro atoms. The highest BCUT2D eigenvalue weighted by atomic mass is 16.4. The van der Waals surface area contributed by atoms with Crippen LogP contribution in [-0.4, -0.2) is 37.8 Å². The maximum Gasteiger partial charge on any atom is 0.334 e. The van der Waals surface area contributed by atoms with Gasteiger partial charge in [-0.05, 0) is 18.1 Å². The van der Waals surface area contributed by atoms with Crippen LogP contribution < -0.4 is 16.6 Å². The Morgan fingerprint density at radius 1 is 0.903 bits per heavy atom. The molecule has 0 saturated carbocycles. The van der Waals surface area contributed by atoms with Gasteiger partial charge in [0.05, 0.1) is 13.1 Å². The number of aryl methyl sites for hydroxylation is 1. The molecule has 31 heavy (non-hydrogen) atoms. The van der Waals surface area contributed by atoms with Crippen LogP contribution in [0.1, 0.15) is 27.0 Å². The third-order valence-electron chi connectivity index (χ3n) is 4.67. The molecule has 3 rings (SSSR count). The van der Waals surface area contributed by atoms with Gasteiger partial charge in [-0.1, -0.05) is 60.2 Å². The quantitative estimate of drug-likeness (QED) is 0.518. The highest BCUT2D eigenvalue weighted by Crippen LogP contribution is 2.14. The van der Waals surface area contributed by atoms with Gasteiger partial charge in [-0.3, -0.25) is 23.5 Å². The topological polar surface area (TPSA) is 131 Å². The molecule has 1 amide bonds. The summed E-state index contributed by atoms with van der Waals surface area (Å²) in [5, 5.41) is 21.5. The van der Waals surface area contributed by atoms with Gasteiger partial charge in [0.1, 0.15) is 6.54 Å². The summed E-state index contributed by atoms with van der Waals surface area (Å²) in [5.74, 6) is -3.21. The summed E-state index contributed by atoms with van der Waals surface area (Å²) in [7, 11) is 0. The molecule has 9 heteroatoms. The van der Waals surface area contributed by atoms with E-state index >= 15 is 0 Å². The van der Waals surface area contributed by atoms with E-state index < -0.39 is 41.1 Å². The van der Waals surface area contributed by atoms with E-state index in [1.807, 2.05) is 19.1 Å². The number of aromatic nitrogens is 2. The summed E-state index contributed by atoms with van der Waals surface area (Å²) in [6, 6.07) is 15.9. The number of amides is 1. The number of aliphatic carboxylic acids is 1. The van der Waals surface area contributed by atoms with Crippen molar-refractivity contribution < 1.29 is 19.8 Å². The Balaban J connectivity index is 2.15. The van der Waals surface area contributed by atoms with Crippen LogP contribution in [0, 0.1) is 6.92 Å². The zero-order chi connectivity index (χ0) is 22.5. The van der Waals surface area contributed by atoms with Crippen molar-refractivity contribution >= 4 is 11.9 Å². The number of carbonyl (C=O) groups is 2. The Hall–Kier alpha value is -4.14. The molecular formula is C22H21N3O6. The van der Waals surface area contributed by atoms with Crippen LogP contribution in [0.2, 0.25) is 0 Å². The van der Waals surface area contributed by atoms with Crippen LogP contribution in [0.4, 0.5) is 0 Å². The minimum absolute atomic E-state index is 0.0841. The van der Waals surface area contributed by atoms with E-state index in [0.29, 0.717) is 11.1 Å². The highest BCUT2D eigenvalue weighted by Gasteiger charge is 2.25. The lowest BCUT2D eigenvalue weighted by atomic mass is 10.1. The summed E-state index contributed by atoms with van der Waals surface area (Å²) in [5.41, 5.74) is -0.168. The first-order valence-corrected chi connectivity index (χ1v) is 9.44. The number of carbonyl (C=O) groups excluding carboxylic acids is 1. The number of nitrogens with zero attached hydrogens (tertiary/aromatic N) is 2. The molecule has 2 aromatic carbocycles. The van der Waals surface area contributed by atoms with Crippen molar-refractivity contribution in [3.8, 4) is 5.88 Å². The van der Waals surface area contributed by atoms with Gasteiger partial charge in [0.15, 0.2) is 5.56 Å². The van der Waals surface area contributed by atoms with Gasteiger partial charge >= 0.3 is 11.7 Å². The average Bonchev–Trinajstić information content (AvgIpc) is 2.75. The van der Waals surface area contributed by atoms with E-state index in [2.05, 4.69) is 5.32 Å². The number of benzene rings is 2. The van der Waals surface area contributed by atoms with Crippen molar-refractivity contribution in [2.45, 2.75) is 20.0 Å². The number of hydrogen-bond acceptors (Lipinski definition) is 5. The molecule has 0 bridgehead atoms. The summed E-state index contributed by atoms with van der Waals surface area (Å²) in [6.45, 7) is 0.955. The lowest BCUT2D eigenvalue weighted by Crippen LogP contribution is -2.45. The Labute approximate surface area is 176 Å². The predicted octanol–water partition coefficient (Wildman–Crippen LogP) is 0.935. The molecule has 0 radical (unpaired) electrons. The molecule has 0 fully saturated rings. The van der Waals surface area contributed by atoms with Gasteiger partial charge in [0, 0.05) is 0 Å². The van der Waals surface area contributed by atoms with Crippen LogP contribution in [0.5, 0.6) is 5.88 Å². The van der Waals surface area contributed by atoms with Gasteiger partial charge in [-0.2, -0.15) is 0 Å². The Morgan fingerprint density at radius 2 is 1.48 bits per heavy atom. The van der Waals surface area contributed by atoms with Crippen LogP contribution >= 0.6 is 0 Å². The summed E-state index contributed by atoms with van der Waals surface area (Å²) in [4.78, 5) is 49.3. The molecule has 0 aliphatic carbocycles. The number of rotatable bonds is 7. The van der Waals surface area contributed by atoms with Crippen LogP contribution in [-0.2, 0) is 17.9 Å². The Morgan fingerprint density at radius 3 is 2.10 bits per heavy atom. The molecule has 3 aromatic rings. The molecular weight excluding hydrogens is 402 g/mol. The SMILES string of the molecule is Cc1ccc(Cn2c(O)c(C(=O)NCC(=O)O)c(=O)n(Cc3ccccc3)c2=O)cc1. The largest absolute Gasteiger partial charge is 0.494 e. The van der Waals surface area contributed by atoms with E-state index in [0.717, 1.165) is 14.7 Å². The third-order valence-corrected chi connectivity index (χ3v) is 4.67. The minimum atomic E-state index is -1.31. The maximum atomic E-state index is 13.1. The first kappa shape index (κ1) is 21.6. The smallest absolute Gasteiger partial charge is 0.334 e. The lowest BCUT2D eigenvalue weighted by Gasteiger charge is -2.16. The van der Waals surface area contributed by atoms with Crippen molar-refractivity contribution in [1.29, 1.82) is 0 Å². The molecule has 0 aliphatic heterocycles. The molecule has 1 aromatic heterocycles. The maximum absolute atomic E-state index is 13.1. The first-order valence-electron chi connectivity index (χ1n) is 9.44. The summed E-state index contributed by atoms with van der Waals surface area (Å²) < 4.78 is 1.77. The molecule has 0 atom stereocenters. The van der Waals surface area contributed by atoms with Gasteiger partial charge in [-0.15, -0.1) is 0 Å². The van der Waals surface area contributed by atoms with Crippen LogP contribution in [0.3, 0.4) is 0 Å². The highest BCUT2D eigenvalue weighted by molar-refractivity contribution is 5.97. The van der Waals surface area contributed by atoms with Gasteiger partial charge in [0.2, 0.25) is 5.88 Å². The third kappa shape index (κ3) is 4.89.